The van der Waals surface area contributed by atoms with Crippen molar-refractivity contribution in [2.45, 2.75) is 44.8 Å². The molecule has 0 radical (unpaired) electrons. The van der Waals surface area contributed by atoms with Crippen molar-refractivity contribution in [1.29, 1.82) is 0 Å². The number of likely N-dealkylation sites (tertiary alicyclic amines) is 1. The Balaban J connectivity index is 1.31. The number of nitrogens with zero attached hydrogens (tertiary/aromatic N) is 6. The van der Waals surface area contributed by atoms with Crippen LogP contribution in [0.3, 0.4) is 0 Å². The van der Waals surface area contributed by atoms with Crippen LogP contribution < -0.4 is 11.1 Å². The molecule has 1 aromatic carbocycles. The van der Waals surface area contributed by atoms with E-state index in [1.165, 1.54) is 4.68 Å². The molecule has 3 amide bonds. The average molecular weight is 545 g/mol. The number of pyridine rings is 1. The Morgan fingerprint density at radius 3 is 2.64 bits per heavy atom. The number of halogens is 1. The first kappa shape index (κ1) is 24.9. The van der Waals surface area contributed by atoms with Crippen LogP contribution in [0, 0.1) is 12.8 Å². The van der Waals surface area contributed by atoms with Gasteiger partial charge in [0.05, 0.1) is 5.52 Å². The molecule has 2 fully saturated rings. The molecule has 1 saturated carbocycles. The van der Waals surface area contributed by atoms with Crippen molar-refractivity contribution in [3.63, 3.8) is 0 Å². The molecule has 1 aliphatic carbocycles. The topological polar surface area (TPSA) is 149 Å². The summed E-state index contributed by atoms with van der Waals surface area (Å²) in [5.74, 6) is -0.206. The zero-order chi connectivity index (χ0) is 27.3. The smallest absolute Gasteiger partial charge is 0.269 e. The van der Waals surface area contributed by atoms with Crippen molar-refractivity contribution in [2.75, 3.05) is 5.32 Å². The second kappa shape index (κ2) is 9.73. The molecule has 6 rings (SSSR count). The first-order chi connectivity index (χ1) is 18.8. The van der Waals surface area contributed by atoms with E-state index in [0.29, 0.717) is 22.5 Å². The van der Waals surface area contributed by atoms with E-state index in [0.717, 1.165) is 30.4 Å². The zero-order valence-electron chi connectivity index (χ0n) is 21.0. The maximum atomic E-state index is 13.8. The zero-order valence-corrected chi connectivity index (χ0v) is 21.8. The molecule has 0 spiro atoms. The van der Waals surface area contributed by atoms with Gasteiger partial charge < -0.3 is 16.0 Å². The average Bonchev–Trinajstić information content (AvgIpc) is 3.62. The summed E-state index contributed by atoms with van der Waals surface area (Å²) in [6.45, 7) is 1.65. The van der Waals surface area contributed by atoms with Crippen LogP contribution in [0.1, 0.15) is 35.6 Å². The third-order valence-corrected chi connectivity index (χ3v) is 7.70. The largest absolute Gasteiger partial charge is 0.364 e. The van der Waals surface area contributed by atoms with Gasteiger partial charge in [0.1, 0.15) is 29.4 Å². The first-order valence-electron chi connectivity index (χ1n) is 12.6. The number of primary amides is 1. The van der Waals surface area contributed by atoms with Crippen LogP contribution in [-0.4, -0.2) is 59.4 Å². The van der Waals surface area contributed by atoms with Crippen molar-refractivity contribution in [3.05, 3.63) is 65.5 Å². The summed E-state index contributed by atoms with van der Waals surface area (Å²) in [6, 6.07) is 9.73. The third-order valence-electron chi connectivity index (χ3n) is 7.49. The minimum atomic E-state index is -0.691. The number of aromatic nitrogens is 5. The number of carbonyl (C=O) groups is 3. The Bertz CT molecular complexity index is 1620. The van der Waals surface area contributed by atoms with E-state index in [9.17, 15) is 14.4 Å². The van der Waals surface area contributed by atoms with Gasteiger partial charge in [-0.05, 0) is 61.9 Å². The van der Waals surface area contributed by atoms with Crippen LogP contribution in [-0.2, 0) is 16.1 Å². The van der Waals surface area contributed by atoms with Crippen LogP contribution in [0.2, 0.25) is 5.15 Å². The number of anilines is 1. The number of carbonyl (C=O) groups excluding carboxylic acids is 3. The quantitative estimate of drug-likeness (QED) is 0.354. The number of nitrogens with two attached hydrogens (primary N) is 1. The molecule has 4 heterocycles. The maximum absolute atomic E-state index is 13.8. The van der Waals surface area contributed by atoms with Gasteiger partial charge >= 0.3 is 0 Å². The van der Waals surface area contributed by atoms with Gasteiger partial charge in [-0.25, -0.2) is 15.0 Å². The number of piperidine rings is 1. The van der Waals surface area contributed by atoms with E-state index in [1.54, 1.807) is 48.5 Å². The van der Waals surface area contributed by atoms with Crippen molar-refractivity contribution in [1.82, 2.24) is 29.6 Å². The van der Waals surface area contributed by atoms with Crippen molar-refractivity contribution in [2.24, 2.45) is 11.7 Å². The molecule has 39 heavy (non-hydrogen) atoms. The van der Waals surface area contributed by atoms with Crippen LogP contribution in [0.25, 0.3) is 22.0 Å². The summed E-state index contributed by atoms with van der Waals surface area (Å²) in [5.41, 5.74) is 7.85. The van der Waals surface area contributed by atoms with Gasteiger partial charge in [0.25, 0.3) is 5.91 Å². The molecule has 1 aliphatic heterocycles. The van der Waals surface area contributed by atoms with E-state index in [-0.39, 0.29) is 41.2 Å². The van der Waals surface area contributed by atoms with Gasteiger partial charge in [-0.3, -0.25) is 19.1 Å². The number of amides is 3. The molecule has 3 atom stereocenters. The maximum Gasteiger partial charge on any atom is 0.269 e. The number of hydrogen-bond donors (Lipinski definition) is 2. The van der Waals surface area contributed by atoms with E-state index >= 15 is 0 Å². The number of fused-ring (bicyclic) bond motifs is 3. The lowest BCUT2D eigenvalue weighted by Gasteiger charge is -2.34. The molecule has 4 aromatic rings. The molecule has 12 heteroatoms. The standard InChI is InChI=1S/C27H25ClN8O3/c1-14-30-11-17(12-31-14)15-6-8-19-20(10-15)35(34-24(19)26(29)38)13-23(37)36-18-7-5-16(9-18)25(36)27(39)33-22-4-2-3-21(28)32-22/h2-4,6,8,10-12,16,18,25H,5,7,9,13H2,1H3,(H2,29,38)(H,32,33,39)/t16-,18+,25-/m0/s1. The first-order valence-corrected chi connectivity index (χ1v) is 13.0. The third kappa shape index (κ3) is 4.59. The lowest BCUT2D eigenvalue weighted by atomic mass is 9.97. The van der Waals surface area contributed by atoms with Crippen molar-refractivity contribution < 1.29 is 14.4 Å². The Kier molecular flexibility index (Phi) is 6.22. The minimum Gasteiger partial charge on any atom is -0.364 e. The molecule has 2 bridgehead atoms. The molecule has 1 saturated heterocycles. The summed E-state index contributed by atoms with van der Waals surface area (Å²) in [7, 11) is 0. The Morgan fingerprint density at radius 1 is 1.10 bits per heavy atom. The highest BCUT2D eigenvalue weighted by atomic mass is 35.5. The number of rotatable bonds is 6. The summed E-state index contributed by atoms with van der Waals surface area (Å²) in [6.07, 6.45) is 5.89. The molecule has 3 N–H and O–H groups in total. The lowest BCUT2D eigenvalue weighted by molar-refractivity contribution is -0.141. The number of hydrogen-bond acceptors (Lipinski definition) is 7. The highest BCUT2D eigenvalue weighted by Crippen LogP contribution is 2.43. The van der Waals surface area contributed by atoms with Gasteiger partial charge in [-0.15, -0.1) is 0 Å². The monoisotopic (exact) mass is 544 g/mol. The molecule has 0 unspecified atom stereocenters. The van der Waals surface area contributed by atoms with E-state index in [4.69, 9.17) is 17.3 Å². The van der Waals surface area contributed by atoms with Crippen LogP contribution in [0.5, 0.6) is 0 Å². The van der Waals surface area contributed by atoms with Crippen LogP contribution >= 0.6 is 11.6 Å². The Morgan fingerprint density at radius 2 is 1.90 bits per heavy atom. The van der Waals surface area contributed by atoms with Crippen molar-refractivity contribution in [3.8, 4) is 11.1 Å². The highest BCUT2D eigenvalue weighted by molar-refractivity contribution is 6.29. The Hall–Kier alpha value is -4.38. The minimum absolute atomic E-state index is 0.0386. The predicted molar refractivity (Wildman–Crippen MR) is 144 cm³/mol. The van der Waals surface area contributed by atoms with E-state index < -0.39 is 11.9 Å². The van der Waals surface area contributed by atoms with E-state index in [1.807, 2.05) is 12.1 Å². The second-order valence-corrected chi connectivity index (χ2v) is 10.3. The SMILES string of the molecule is Cc1ncc(-c2ccc3c(C(N)=O)nn(CC(=O)N4[C@@H]5CC[C@@H](C5)[C@H]4C(=O)Nc4cccc(Cl)n4)c3c2)cn1. The molecular weight excluding hydrogens is 520 g/mol. The molecular formula is C27H25ClN8O3. The summed E-state index contributed by atoms with van der Waals surface area (Å²) >= 11 is 5.97. The number of aryl methyl sites for hydroxylation is 1. The fraction of sp³-hybridized carbons (Fsp3) is 0.296. The summed E-state index contributed by atoms with van der Waals surface area (Å²) in [4.78, 5) is 53.6. The van der Waals surface area contributed by atoms with Gasteiger partial charge in [-0.1, -0.05) is 23.7 Å². The van der Waals surface area contributed by atoms with Gasteiger partial charge in [0, 0.05) is 29.4 Å². The number of nitrogens with one attached hydrogen (secondary N) is 1. The van der Waals surface area contributed by atoms with Crippen LogP contribution in [0.4, 0.5) is 5.82 Å². The second-order valence-electron chi connectivity index (χ2n) is 9.93. The summed E-state index contributed by atoms with van der Waals surface area (Å²) < 4.78 is 1.48. The number of benzene rings is 1. The summed E-state index contributed by atoms with van der Waals surface area (Å²) in [5, 5.41) is 8.01. The van der Waals surface area contributed by atoms with Gasteiger partial charge in [0.15, 0.2) is 5.69 Å². The van der Waals surface area contributed by atoms with Gasteiger partial charge in [0.2, 0.25) is 11.8 Å². The fourth-order valence-corrected chi connectivity index (χ4v) is 5.93. The molecule has 11 nitrogen and oxygen atoms in total. The normalized spacial score (nSPS) is 19.9. The van der Waals surface area contributed by atoms with Gasteiger partial charge in [-0.2, -0.15) is 5.10 Å². The van der Waals surface area contributed by atoms with Crippen LogP contribution in [0.15, 0.2) is 48.8 Å². The molecule has 198 valence electrons. The fourth-order valence-electron chi connectivity index (χ4n) is 5.77. The molecule has 3 aromatic heterocycles. The predicted octanol–water partition coefficient (Wildman–Crippen LogP) is 2.97. The van der Waals surface area contributed by atoms with Crippen molar-refractivity contribution >= 4 is 46.0 Å². The van der Waals surface area contributed by atoms with E-state index in [2.05, 4.69) is 25.4 Å². The highest BCUT2D eigenvalue weighted by Gasteiger charge is 2.51. The Labute approximate surface area is 228 Å². The lowest BCUT2D eigenvalue weighted by Crippen LogP contribution is -2.52. The molecule has 2 aliphatic rings.